The van der Waals surface area contributed by atoms with Gasteiger partial charge >= 0.3 is 0 Å². The molecule has 7 nitrogen and oxygen atoms in total. The number of pyridine rings is 1. The predicted octanol–water partition coefficient (Wildman–Crippen LogP) is 2.30. The van der Waals surface area contributed by atoms with Crippen molar-refractivity contribution < 1.29 is 9.18 Å². The summed E-state index contributed by atoms with van der Waals surface area (Å²) < 4.78 is 14.0. The fourth-order valence-corrected chi connectivity index (χ4v) is 3.44. The van der Waals surface area contributed by atoms with Gasteiger partial charge in [-0.2, -0.15) is 0 Å². The molecule has 0 aliphatic carbocycles. The van der Waals surface area contributed by atoms with Crippen molar-refractivity contribution in [2.75, 3.05) is 31.1 Å². The van der Waals surface area contributed by atoms with Crippen LogP contribution in [0.25, 0.3) is 0 Å². The minimum Gasteiger partial charge on any atom is -0.357 e. The fourth-order valence-electron chi connectivity index (χ4n) is 3.44. The van der Waals surface area contributed by atoms with Gasteiger partial charge in [0.05, 0.1) is 6.54 Å². The van der Waals surface area contributed by atoms with Crippen LogP contribution in [0.15, 0.2) is 47.6 Å². The first-order chi connectivity index (χ1) is 14.6. The highest BCUT2D eigenvalue weighted by Gasteiger charge is 2.25. The van der Waals surface area contributed by atoms with Crippen molar-refractivity contribution in [2.24, 2.45) is 4.99 Å². The van der Waals surface area contributed by atoms with Crippen LogP contribution in [0.2, 0.25) is 0 Å². The Balaban J connectivity index is 1.62. The number of aliphatic imine (C=N–C) groups is 1. The number of carbonyl (C=O) groups is 1. The highest BCUT2D eigenvalue weighted by atomic mass is 19.1. The quantitative estimate of drug-likeness (QED) is 0.480. The third-order valence-corrected chi connectivity index (χ3v) is 4.86. The first kappa shape index (κ1) is 21.5. The summed E-state index contributed by atoms with van der Waals surface area (Å²) in [6.07, 6.45) is 2.48. The maximum Gasteiger partial charge on any atom is 0.251 e. The average Bonchev–Trinajstić information content (AvgIpc) is 3.21. The fraction of sp³-hybridized carbons (Fsp3) is 0.409. The highest BCUT2D eigenvalue weighted by Crippen LogP contribution is 2.20. The zero-order chi connectivity index (χ0) is 21.3. The third kappa shape index (κ3) is 5.68. The maximum atomic E-state index is 14.0. The highest BCUT2D eigenvalue weighted by molar-refractivity contribution is 5.94. The van der Waals surface area contributed by atoms with Gasteiger partial charge in [-0.25, -0.2) is 14.4 Å². The molecule has 30 heavy (non-hydrogen) atoms. The summed E-state index contributed by atoms with van der Waals surface area (Å²) in [5, 5.41) is 9.49. The van der Waals surface area contributed by atoms with E-state index in [0.717, 1.165) is 25.1 Å². The number of guanidine groups is 1. The van der Waals surface area contributed by atoms with Crippen molar-refractivity contribution in [1.29, 1.82) is 0 Å². The molecule has 0 saturated carbocycles. The van der Waals surface area contributed by atoms with Crippen LogP contribution in [0.4, 0.5) is 10.2 Å². The van der Waals surface area contributed by atoms with E-state index in [-0.39, 0.29) is 17.8 Å². The number of hydrogen-bond acceptors (Lipinski definition) is 4. The summed E-state index contributed by atoms with van der Waals surface area (Å²) in [6.45, 7) is 7.08. The number of nitrogens with one attached hydrogen (secondary N) is 3. The van der Waals surface area contributed by atoms with Gasteiger partial charge in [0.15, 0.2) is 17.6 Å². The molecule has 1 amide bonds. The molecule has 2 heterocycles. The zero-order valence-corrected chi connectivity index (χ0v) is 17.5. The van der Waals surface area contributed by atoms with Crippen LogP contribution < -0.4 is 20.9 Å². The van der Waals surface area contributed by atoms with Crippen LogP contribution in [0, 0.1) is 5.82 Å². The lowest BCUT2D eigenvalue weighted by molar-refractivity contribution is 0.0955. The number of hydrogen-bond donors (Lipinski definition) is 3. The number of rotatable bonds is 7. The van der Waals surface area contributed by atoms with Gasteiger partial charge < -0.3 is 20.9 Å². The van der Waals surface area contributed by atoms with Crippen molar-refractivity contribution in [3.05, 3.63) is 59.5 Å². The van der Waals surface area contributed by atoms with Crippen LogP contribution in [-0.2, 0) is 6.54 Å². The Bertz CT molecular complexity index is 887. The Hall–Kier alpha value is -3.16. The smallest absolute Gasteiger partial charge is 0.251 e. The standard InChI is InChI=1S/C22H29FN6O/c1-3-24-21(30)17-8-5-7-16(13-17)14-27-22(25-4-2)28-18-10-12-29(15-18)20-19(23)9-6-11-26-20/h5-9,11,13,18H,3-4,10,12,14-15H2,1-2H3,(H,24,30)(H2,25,27,28). The summed E-state index contributed by atoms with van der Waals surface area (Å²) in [6, 6.07) is 10.7. The monoisotopic (exact) mass is 412 g/mol. The van der Waals surface area contributed by atoms with E-state index in [0.29, 0.717) is 37.0 Å². The molecule has 1 unspecified atom stereocenters. The van der Waals surface area contributed by atoms with Gasteiger partial charge in [-0.05, 0) is 50.1 Å². The Kier molecular flexibility index (Phi) is 7.59. The second-order valence-corrected chi connectivity index (χ2v) is 7.14. The Morgan fingerprint density at radius 2 is 2.07 bits per heavy atom. The maximum absolute atomic E-state index is 14.0. The molecule has 1 fully saturated rings. The molecule has 0 bridgehead atoms. The summed E-state index contributed by atoms with van der Waals surface area (Å²) in [5.74, 6) is 0.715. The summed E-state index contributed by atoms with van der Waals surface area (Å²) in [5.41, 5.74) is 1.59. The topological polar surface area (TPSA) is 81.6 Å². The number of halogens is 1. The average molecular weight is 413 g/mol. The molecular weight excluding hydrogens is 383 g/mol. The van der Waals surface area contributed by atoms with Crippen molar-refractivity contribution in [3.63, 3.8) is 0 Å². The Morgan fingerprint density at radius 1 is 1.23 bits per heavy atom. The molecule has 1 atom stereocenters. The van der Waals surface area contributed by atoms with Gasteiger partial charge in [0.1, 0.15) is 0 Å². The Labute approximate surface area is 176 Å². The normalized spacial score (nSPS) is 16.4. The molecule has 0 radical (unpaired) electrons. The molecule has 1 aromatic heterocycles. The molecule has 3 rings (SSSR count). The zero-order valence-electron chi connectivity index (χ0n) is 17.5. The van der Waals surface area contributed by atoms with E-state index < -0.39 is 0 Å². The Morgan fingerprint density at radius 3 is 2.83 bits per heavy atom. The summed E-state index contributed by atoms with van der Waals surface area (Å²) in [4.78, 5) is 22.8. The largest absolute Gasteiger partial charge is 0.357 e. The van der Waals surface area contributed by atoms with Crippen LogP contribution in [-0.4, -0.2) is 49.1 Å². The van der Waals surface area contributed by atoms with E-state index in [2.05, 4.69) is 25.9 Å². The molecule has 1 aliphatic rings. The third-order valence-electron chi connectivity index (χ3n) is 4.86. The number of amides is 1. The SMILES string of the molecule is CCNC(=O)c1cccc(CN=C(NCC)NC2CCN(c3ncccc3F)C2)c1. The number of carbonyl (C=O) groups excluding carboxylic acids is 1. The van der Waals surface area contributed by atoms with Crippen molar-refractivity contribution >= 4 is 17.7 Å². The summed E-state index contributed by atoms with van der Waals surface area (Å²) in [7, 11) is 0. The molecule has 8 heteroatoms. The van der Waals surface area contributed by atoms with Crippen molar-refractivity contribution in [3.8, 4) is 0 Å². The van der Waals surface area contributed by atoms with Gasteiger partial charge in [0.2, 0.25) is 0 Å². The number of aromatic nitrogens is 1. The lowest BCUT2D eigenvalue weighted by atomic mass is 10.1. The van der Waals surface area contributed by atoms with Gasteiger partial charge in [0, 0.05) is 44.0 Å². The van der Waals surface area contributed by atoms with Gasteiger partial charge in [-0.15, -0.1) is 0 Å². The van der Waals surface area contributed by atoms with Crippen LogP contribution in [0.1, 0.15) is 36.2 Å². The molecule has 1 aromatic carbocycles. The van der Waals surface area contributed by atoms with E-state index >= 15 is 0 Å². The molecule has 0 spiro atoms. The van der Waals surface area contributed by atoms with E-state index in [1.165, 1.54) is 6.07 Å². The van der Waals surface area contributed by atoms with Crippen LogP contribution >= 0.6 is 0 Å². The second kappa shape index (κ2) is 10.6. The van der Waals surface area contributed by atoms with Gasteiger partial charge in [-0.3, -0.25) is 4.79 Å². The van der Waals surface area contributed by atoms with E-state index in [9.17, 15) is 9.18 Å². The lowest BCUT2D eigenvalue weighted by Gasteiger charge is -2.20. The molecule has 2 aromatic rings. The minimum absolute atomic E-state index is 0.0823. The lowest BCUT2D eigenvalue weighted by Crippen LogP contribution is -2.44. The molecule has 1 saturated heterocycles. The number of anilines is 1. The summed E-state index contributed by atoms with van der Waals surface area (Å²) >= 11 is 0. The first-order valence-electron chi connectivity index (χ1n) is 10.4. The number of nitrogens with zero attached hydrogens (tertiary/aromatic N) is 3. The van der Waals surface area contributed by atoms with E-state index in [1.54, 1.807) is 18.3 Å². The minimum atomic E-state index is -0.300. The molecular formula is C22H29FN6O. The second-order valence-electron chi connectivity index (χ2n) is 7.14. The predicted molar refractivity (Wildman–Crippen MR) is 117 cm³/mol. The van der Waals surface area contributed by atoms with Gasteiger partial charge in [-0.1, -0.05) is 12.1 Å². The van der Waals surface area contributed by atoms with Crippen LogP contribution in [0.3, 0.4) is 0 Å². The van der Waals surface area contributed by atoms with E-state index in [4.69, 9.17) is 0 Å². The first-order valence-corrected chi connectivity index (χ1v) is 10.4. The van der Waals surface area contributed by atoms with E-state index in [1.807, 2.05) is 36.9 Å². The molecule has 1 aliphatic heterocycles. The van der Waals surface area contributed by atoms with Crippen LogP contribution in [0.5, 0.6) is 0 Å². The molecule has 3 N–H and O–H groups in total. The van der Waals surface area contributed by atoms with Crippen molar-refractivity contribution in [1.82, 2.24) is 20.9 Å². The van der Waals surface area contributed by atoms with Crippen molar-refractivity contribution in [2.45, 2.75) is 32.9 Å². The van der Waals surface area contributed by atoms with Gasteiger partial charge in [0.25, 0.3) is 5.91 Å². The number of benzene rings is 1. The molecule has 160 valence electrons.